The molecule has 0 aliphatic carbocycles. The maximum Gasteiger partial charge on any atom is 0.328 e. The Morgan fingerprint density at radius 3 is 2.33 bits per heavy atom. The number of nitrogens with one attached hydrogen (secondary N) is 1. The van der Waals surface area contributed by atoms with Gasteiger partial charge < -0.3 is 21.5 Å². The number of carbonyl (C=O) groups is 3. The Balaban J connectivity index is 4.12. The number of amides is 2. The second-order valence-corrected chi connectivity index (χ2v) is 3.03. The molecule has 0 aliphatic rings. The number of carbonyl (C=O) groups excluding carboxylic acids is 3. The van der Waals surface area contributed by atoms with Crippen LogP contribution in [0, 0.1) is 0 Å². The summed E-state index contributed by atoms with van der Waals surface area (Å²) in [5.41, 5.74) is 10.2. The minimum Gasteiger partial charge on any atom is -0.467 e. The molecule has 2 amide bonds. The second-order valence-electron chi connectivity index (χ2n) is 3.03. The first-order valence-corrected chi connectivity index (χ1v) is 4.30. The molecule has 0 saturated carbocycles. The van der Waals surface area contributed by atoms with E-state index in [9.17, 15) is 14.4 Å². The smallest absolute Gasteiger partial charge is 0.328 e. The molecule has 86 valence electrons. The van der Waals surface area contributed by atoms with E-state index in [1.165, 1.54) is 14.0 Å². The maximum absolute atomic E-state index is 11.3. The largest absolute Gasteiger partial charge is 0.467 e. The lowest BCUT2D eigenvalue weighted by atomic mass is 10.2. The summed E-state index contributed by atoms with van der Waals surface area (Å²) in [4.78, 5) is 32.6. The van der Waals surface area contributed by atoms with Gasteiger partial charge in [0, 0.05) is 0 Å². The fourth-order valence-corrected chi connectivity index (χ4v) is 0.866. The van der Waals surface area contributed by atoms with E-state index in [0.29, 0.717) is 0 Å². The molecule has 5 N–H and O–H groups in total. The predicted octanol–water partition coefficient (Wildman–Crippen LogP) is -2.13. The first kappa shape index (κ1) is 13.4. The van der Waals surface area contributed by atoms with Gasteiger partial charge in [0.2, 0.25) is 11.8 Å². The average molecular weight is 217 g/mol. The van der Waals surface area contributed by atoms with E-state index in [-0.39, 0.29) is 6.42 Å². The molecule has 0 bridgehead atoms. The summed E-state index contributed by atoms with van der Waals surface area (Å²) in [5.74, 6) is -1.88. The Labute approximate surface area is 87.1 Å². The molecule has 0 aromatic rings. The highest BCUT2D eigenvalue weighted by atomic mass is 16.5. The van der Waals surface area contributed by atoms with Gasteiger partial charge in [0.1, 0.15) is 6.04 Å². The number of rotatable bonds is 5. The van der Waals surface area contributed by atoms with Crippen molar-refractivity contribution in [2.24, 2.45) is 11.5 Å². The third kappa shape index (κ3) is 4.96. The summed E-state index contributed by atoms with van der Waals surface area (Å²) in [7, 11) is 1.20. The molecule has 0 saturated heterocycles. The maximum atomic E-state index is 11.3. The van der Waals surface area contributed by atoms with Gasteiger partial charge in [-0.3, -0.25) is 9.59 Å². The van der Waals surface area contributed by atoms with Crippen molar-refractivity contribution < 1.29 is 19.1 Å². The predicted molar refractivity (Wildman–Crippen MR) is 51.4 cm³/mol. The number of ether oxygens (including phenoxy) is 1. The zero-order chi connectivity index (χ0) is 12.0. The van der Waals surface area contributed by atoms with Gasteiger partial charge in [-0.2, -0.15) is 0 Å². The van der Waals surface area contributed by atoms with E-state index >= 15 is 0 Å². The Morgan fingerprint density at radius 1 is 1.40 bits per heavy atom. The van der Waals surface area contributed by atoms with E-state index in [4.69, 9.17) is 11.5 Å². The number of primary amides is 1. The summed E-state index contributed by atoms with van der Waals surface area (Å²) in [5, 5.41) is 2.29. The molecule has 15 heavy (non-hydrogen) atoms. The lowest BCUT2D eigenvalue weighted by Gasteiger charge is -2.14. The molecular formula is C8H15N3O4. The van der Waals surface area contributed by atoms with Crippen LogP contribution in [0.3, 0.4) is 0 Å². The van der Waals surface area contributed by atoms with Gasteiger partial charge in [-0.05, 0) is 6.92 Å². The molecule has 0 aliphatic heterocycles. The van der Waals surface area contributed by atoms with Crippen molar-refractivity contribution in [1.29, 1.82) is 0 Å². The topological polar surface area (TPSA) is 125 Å². The van der Waals surface area contributed by atoms with Crippen LogP contribution in [0.2, 0.25) is 0 Å². The fraction of sp³-hybridized carbons (Fsp3) is 0.625. The number of hydrogen-bond donors (Lipinski definition) is 3. The summed E-state index contributed by atoms with van der Waals surface area (Å²) < 4.78 is 4.39. The molecule has 0 heterocycles. The van der Waals surface area contributed by atoms with Crippen LogP contribution in [-0.4, -0.2) is 37.0 Å². The van der Waals surface area contributed by atoms with Crippen LogP contribution in [0.25, 0.3) is 0 Å². The first-order chi connectivity index (χ1) is 6.88. The van der Waals surface area contributed by atoms with Crippen LogP contribution in [0.4, 0.5) is 0 Å². The van der Waals surface area contributed by atoms with Gasteiger partial charge in [0.25, 0.3) is 0 Å². The van der Waals surface area contributed by atoms with Crippen LogP contribution in [0.5, 0.6) is 0 Å². The van der Waals surface area contributed by atoms with Crippen LogP contribution in [0.15, 0.2) is 0 Å². The van der Waals surface area contributed by atoms with Gasteiger partial charge in [-0.1, -0.05) is 0 Å². The van der Waals surface area contributed by atoms with Crippen LogP contribution in [0.1, 0.15) is 13.3 Å². The molecule has 0 rings (SSSR count). The third-order valence-corrected chi connectivity index (χ3v) is 1.67. The highest BCUT2D eigenvalue weighted by Crippen LogP contribution is 1.91. The van der Waals surface area contributed by atoms with Crippen molar-refractivity contribution in [3.8, 4) is 0 Å². The summed E-state index contributed by atoms with van der Waals surface area (Å²) >= 11 is 0. The molecule has 7 heteroatoms. The van der Waals surface area contributed by atoms with Crippen molar-refractivity contribution in [2.45, 2.75) is 25.4 Å². The monoisotopic (exact) mass is 217 g/mol. The molecule has 0 radical (unpaired) electrons. The number of hydrogen-bond acceptors (Lipinski definition) is 5. The van der Waals surface area contributed by atoms with E-state index in [0.717, 1.165) is 0 Å². The number of methoxy groups -OCH3 is 1. The second kappa shape index (κ2) is 5.97. The van der Waals surface area contributed by atoms with Crippen LogP contribution < -0.4 is 16.8 Å². The van der Waals surface area contributed by atoms with Crippen molar-refractivity contribution in [3.63, 3.8) is 0 Å². The van der Waals surface area contributed by atoms with Crippen LogP contribution >= 0.6 is 0 Å². The minimum absolute atomic E-state index is 0.264. The molecular weight excluding hydrogens is 202 g/mol. The molecule has 0 unspecified atom stereocenters. The summed E-state index contributed by atoms with van der Waals surface area (Å²) in [6.45, 7) is 1.45. The van der Waals surface area contributed by atoms with E-state index in [1.54, 1.807) is 0 Å². The van der Waals surface area contributed by atoms with Gasteiger partial charge in [0.15, 0.2) is 0 Å². The number of nitrogens with two attached hydrogens (primary N) is 2. The standard InChI is InChI=1S/C8H15N3O4/c1-4(8(14)15-2)11-7(13)5(9)3-6(10)12/h4-5H,3,9H2,1-2H3,(H2,10,12)(H,11,13)/t4-,5-/m1/s1. The van der Waals surface area contributed by atoms with E-state index in [1.807, 2.05) is 0 Å². The molecule has 0 spiro atoms. The quantitative estimate of drug-likeness (QED) is 0.453. The van der Waals surface area contributed by atoms with Crippen molar-refractivity contribution in [3.05, 3.63) is 0 Å². The van der Waals surface area contributed by atoms with Crippen molar-refractivity contribution in [2.75, 3.05) is 7.11 Å². The first-order valence-electron chi connectivity index (χ1n) is 4.30. The summed E-state index contributed by atoms with van der Waals surface area (Å²) in [6, 6.07) is -1.85. The minimum atomic E-state index is -1.05. The zero-order valence-corrected chi connectivity index (χ0v) is 8.65. The van der Waals surface area contributed by atoms with Crippen LogP contribution in [-0.2, 0) is 19.1 Å². The Hall–Kier alpha value is -1.63. The molecule has 0 fully saturated rings. The van der Waals surface area contributed by atoms with Crippen molar-refractivity contribution >= 4 is 17.8 Å². The van der Waals surface area contributed by atoms with E-state index < -0.39 is 29.9 Å². The lowest BCUT2D eigenvalue weighted by Crippen LogP contribution is -2.48. The third-order valence-electron chi connectivity index (χ3n) is 1.67. The highest BCUT2D eigenvalue weighted by Gasteiger charge is 2.21. The SMILES string of the molecule is COC(=O)[C@@H](C)NC(=O)[C@H](N)CC(N)=O. The average Bonchev–Trinajstić information content (AvgIpc) is 2.15. The molecule has 2 atom stereocenters. The number of esters is 1. The van der Waals surface area contributed by atoms with Gasteiger partial charge in [0.05, 0.1) is 19.6 Å². The van der Waals surface area contributed by atoms with E-state index in [2.05, 4.69) is 10.1 Å². The molecule has 0 aromatic carbocycles. The van der Waals surface area contributed by atoms with Gasteiger partial charge in [-0.25, -0.2) is 4.79 Å². The van der Waals surface area contributed by atoms with Gasteiger partial charge >= 0.3 is 5.97 Å². The highest BCUT2D eigenvalue weighted by molar-refractivity contribution is 5.90. The van der Waals surface area contributed by atoms with Gasteiger partial charge in [-0.15, -0.1) is 0 Å². The molecule has 0 aromatic heterocycles. The molecule has 7 nitrogen and oxygen atoms in total. The Morgan fingerprint density at radius 2 is 1.93 bits per heavy atom. The fourth-order valence-electron chi connectivity index (χ4n) is 0.866. The Kier molecular flexibility index (Phi) is 5.32. The summed E-state index contributed by atoms with van der Waals surface area (Å²) in [6.07, 6.45) is -0.264. The Bertz CT molecular complexity index is 267. The van der Waals surface area contributed by atoms with Crippen molar-refractivity contribution in [1.82, 2.24) is 5.32 Å². The zero-order valence-electron chi connectivity index (χ0n) is 8.65. The lowest BCUT2D eigenvalue weighted by molar-refractivity contribution is -0.144. The normalized spacial score (nSPS) is 13.8.